The summed E-state index contributed by atoms with van der Waals surface area (Å²) in [6.45, 7) is 0. The maximum Gasteiger partial charge on any atom is 0.292 e. The number of ether oxygens (including phenoxy) is 1. The molecule has 0 saturated carbocycles. The van der Waals surface area contributed by atoms with Gasteiger partial charge in [-0.05, 0) is 36.4 Å². The summed E-state index contributed by atoms with van der Waals surface area (Å²) >= 11 is 0. The lowest BCUT2D eigenvalue weighted by Crippen LogP contribution is -2.13. The number of nitrogens with one attached hydrogen (secondary N) is 2. The Morgan fingerprint density at radius 3 is 2.60 bits per heavy atom. The minimum absolute atomic E-state index is 0.0814. The second kappa shape index (κ2) is 6.79. The normalized spacial score (nSPS) is 10.3. The summed E-state index contributed by atoms with van der Waals surface area (Å²) in [7, 11) is 1.52. The Kier molecular flexibility index (Phi) is 4.38. The van der Waals surface area contributed by atoms with Crippen molar-refractivity contribution < 1.29 is 14.5 Å². The Morgan fingerprint density at radius 2 is 2.00 bits per heavy atom. The van der Waals surface area contributed by atoms with Crippen LogP contribution in [0.1, 0.15) is 10.4 Å². The van der Waals surface area contributed by atoms with E-state index < -0.39 is 10.8 Å². The van der Waals surface area contributed by atoms with Gasteiger partial charge in [0.05, 0.1) is 23.9 Å². The van der Waals surface area contributed by atoms with Gasteiger partial charge in [-0.3, -0.25) is 20.0 Å². The third-order valence-corrected chi connectivity index (χ3v) is 3.52. The molecule has 0 bridgehead atoms. The minimum Gasteiger partial charge on any atom is -0.497 e. The van der Waals surface area contributed by atoms with Gasteiger partial charge in [-0.2, -0.15) is 0 Å². The maximum atomic E-state index is 12.4. The molecule has 0 atom stereocenters. The highest BCUT2D eigenvalue weighted by Crippen LogP contribution is 2.30. The molecule has 3 rings (SSSR count). The summed E-state index contributed by atoms with van der Waals surface area (Å²) in [6, 6.07) is 10.8. The Labute approximate surface area is 141 Å². The van der Waals surface area contributed by atoms with Crippen molar-refractivity contribution in [1.82, 2.24) is 15.4 Å². The lowest BCUT2D eigenvalue weighted by atomic mass is 10.1. The molecule has 0 saturated heterocycles. The van der Waals surface area contributed by atoms with Crippen molar-refractivity contribution in [2.75, 3.05) is 12.4 Å². The summed E-state index contributed by atoms with van der Waals surface area (Å²) in [5.41, 5.74) is 1.41. The lowest BCUT2D eigenvalue weighted by Gasteiger charge is -2.08. The van der Waals surface area contributed by atoms with Gasteiger partial charge in [0, 0.05) is 17.2 Å². The predicted octanol–water partition coefficient (Wildman–Crippen LogP) is 2.64. The fourth-order valence-corrected chi connectivity index (χ4v) is 2.24. The average Bonchev–Trinajstić information content (AvgIpc) is 3.16. The molecule has 0 unspecified atom stereocenters. The molecule has 3 aromatic rings. The van der Waals surface area contributed by atoms with Crippen LogP contribution in [0.25, 0.3) is 11.3 Å². The maximum absolute atomic E-state index is 12.4. The summed E-state index contributed by atoms with van der Waals surface area (Å²) in [5.74, 6) is 0.141. The molecule has 0 aliphatic heterocycles. The largest absolute Gasteiger partial charge is 0.497 e. The van der Waals surface area contributed by atoms with Crippen LogP contribution >= 0.6 is 0 Å². The van der Waals surface area contributed by atoms with Gasteiger partial charge in [0.1, 0.15) is 11.4 Å². The number of methoxy groups -OCH3 is 1. The first-order valence-electron chi connectivity index (χ1n) is 7.19. The fraction of sp³-hybridized carbons (Fsp3) is 0.0625. The van der Waals surface area contributed by atoms with Gasteiger partial charge in [0.15, 0.2) is 0 Å². The van der Waals surface area contributed by atoms with Crippen molar-refractivity contribution in [3.63, 3.8) is 0 Å². The van der Waals surface area contributed by atoms with Crippen molar-refractivity contribution >= 4 is 17.3 Å². The van der Waals surface area contributed by atoms with Gasteiger partial charge in [-0.25, -0.2) is 0 Å². The Bertz CT molecular complexity index is 907. The highest BCUT2D eigenvalue weighted by Gasteiger charge is 2.18. The number of hydrogen-bond donors (Lipinski definition) is 2. The van der Waals surface area contributed by atoms with Crippen molar-refractivity contribution in [3.05, 3.63) is 64.3 Å². The lowest BCUT2D eigenvalue weighted by molar-refractivity contribution is -0.383. The van der Waals surface area contributed by atoms with Crippen LogP contribution in [0.4, 0.5) is 11.4 Å². The highest BCUT2D eigenvalue weighted by molar-refractivity contribution is 6.05. The molecular weight excluding hydrogens is 326 g/mol. The molecule has 9 nitrogen and oxygen atoms in total. The van der Waals surface area contributed by atoms with E-state index >= 15 is 0 Å². The standard InChI is InChI=1S/C16H13N5O4/c1-25-12-5-2-10(3-6-12)16(22)18-13-8-11(14-9-17-20-19-14)4-7-15(13)21(23)24/h2-9H,1H3,(H,18,22)(H,17,19,20). The van der Waals surface area contributed by atoms with Gasteiger partial charge < -0.3 is 10.1 Å². The summed E-state index contributed by atoms with van der Waals surface area (Å²) in [6.07, 6.45) is 1.48. The zero-order valence-corrected chi connectivity index (χ0v) is 13.1. The molecule has 0 fully saturated rings. The van der Waals surface area contributed by atoms with Crippen LogP contribution in [0.15, 0.2) is 48.7 Å². The van der Waals surface area contributed by atoms with E-state index in [1.54, 1.807) is 30.3 Å². The highest BCUT2D eigenvalue weighted by atomic mass is 16.6. The topological polar surface area (TPSA) is 123 Å². The number of H-pyrrole nitrogens is 1. The summed E-state index contributed by atoms with van der Waals surface area (Å²) in [4.78, 5) is 23.0. The van der Waals surface area contributed by atoms with E-state index in [1.165, 1.54) is 25.4 Å². The quantitative estimate of drug-likeness (QED) is 0.544. The number of nitrogens with zero attached hydrogens (tertiary/aromatic N) is 3. The number of nitro benzene ring substituents is 1. The van der Waals surface area contributed by atoms with E-state index in [4.69, 9.17) is 4.74 Å². The van der Waals surface area contributed by atoms with Crippen LogP contribution in [0, 0.1) is 10.1 Å². The first-order chi connectivity index (χ1) is 12.1. The summed E-state index contributed by atoms with van der Waals surface area (Å²) < 4.78 is 5.04. The molecule has 0 radical (unpaired) electrons. The number of hydrogen-bond acceptors (Lipinski definition) is 6. The van der Waals surface area contributed by atoms with Gasteiger partial charge in [0.2, 0.25) is 0 Å². The Balaban J connectivity index is 1.92. The van der Waals surface area contributed by atoms with Gasteiger partial charge in [0.25, 0.3) is 11.6 Å². The Hall–Kier alpha value is -3.75. The number of anilines is 1. The fourth-order valence-electron chi connectivity index (χ4n) is 2.24. The Morgan fingerprint density at radius 1 is 1.24 bits per heavy atom. The van der Waals surface area contributed by atoms with Crippen molar-refractivity contribution in [2.45, 2.75) is 0 Å². The molecule has 126 valence electrons. The van der Waals surface area contributed by atoms with Crippen LogP contribution in [0.5, 0.6) is 5.75 Å². The van der Waals surface area contributed by atoms with Crippen molar-refractivity contribution in [1.29, 1.82) is 0 Å². The molecule has 0 aliphatic carbocycles. The second-order valence-electron chi connectivity index (χ2n) is 5.04. The first-order valence-corrected chi connectivity index (χ1v) is 7.19. The average molecular weight is 339 g/mol. The summed E-state index contributed by atoms with van der Waals surface area (Å²) in [5, 5.41) is 23.7. The van der Waals surface area contributed by atoms with Crippen LogP contribution in [0.3, 0.4) is 0 Å². The van der Waals surface area contributed by atoms with Gasteiger partial charge >= 0.3 is 0 Å². The van der Waals surface area contributed by atoms with Gasteiger partial charge in [-0.15, -0.1) is 5.10 Å². The molecule has 9 heteroatoms. The van der Waals surface area contributed by atoms with E-state index in [1.807, 2.05) is 0 Å². The number of rotatable bonds is 5. The smallest absolute Gasteiger partial charge is 0.292 e. The molecule has 1 heterocycles. The van der Waals surface area contributed by atoms with E-state index in [0.29, 0.717) is 22.6 Å². The van der Waals surface area contributed by atoms with Gasteiger partial charge in [-0.1, -0.05) is 5.21 Å². The SMILES string of the molecule is COc1ccc(C(=O)Nc2cc(-c3cnn[nH]3)ccc2[N+](=O)[O-])cc1. The monoisotopic (exact) mass is 339 g/mol. The zero-order valence-electron chi connectivity index (χ0n) is 13.1. The molecule has 2 N–H and O–H groups in total. The number of amides is 1. The number of aromatic amines is 1. The van der Waals surface area contributed by atoms with E-state index in [-0.39, 0.29) is 11.4 Å². The minimum atomic E-state index is -0.557. The molecule has 0 spiro atoms. The molecule has 2 aromatic carbocycles. The van der Waals surface area contributed by atoms with Crippen LogP contribution in [-0.4, -0.2) is 33.4 Å². The number of nitro groups is 1. The predicted molar refractivity (Wildman–Crippen MR) is 89.4 cm³/mol. The van der Waals surface area contributed by atoms with Crippen LogP contribution < -0.4 is 10.1 Å². The number of benzene rings is 2. The van der Waals surface area contributed by atoms with Crippen LogP contribution in [-0.2, 0) is 0 Å². The second-order valence-corrected chi connectivity index (χ2v) is 5.04. The molecule has 0 aliphatic rings. The van der Waals surface area contributed by atoms with Crippen molar-refractivity contribution in [3.8, 4) is 17.0 Å². The van der Waals surface area contributed by atoms with E-state index in [9.17, 15) is 14.9 Å². The zero-order chi connectivity index (χ0) is 17.8. The number of carbonyl (C=O) groups is 1. The molecule has 25 heavy (non-hydrogen) atoms. The van der Waals surface area contributed by atoms with Crippen LogP contribution in [0.2, 0.25) is 0 Å². The third-order valence-electron chi connectivity index (χ3n) is 3.52. The van der Waals surface area contributed by atoms with E-state index in [0.717, 1.165) is 0 Å². The number of carbonyl (C=O) groups excluding carboxylic acids is 1. The molecule has 1 aromatic heterocycles. The van der Waals surface area contributed by atoms with E-state index in [2.05, 4.69) is 20.7 Å². The number of aromatic nitrogens is 3. The molecule has 1 amide bonds. The molecular formula is C16H13N5O4. The van der Waals surface area contributed by atoms with Crippen molar-refractivity contribution in [2.24, 2.45) is 0 Å². The first kappa shape index (κ1) is 16.1. The third kappa shape index (κ3) is 3.44.